The van der Waals surface area contributed by atoms with Gasteiger partial charge in [-0.25, -0.2) is 8.42 Å². The summed E-state index contributed by atoms with van der Waals surface area (Å²) in [5.74, 6) is -0.325. The fourth-order valence-electron chi connectivity index (χ4n) is 1.68. The van der Waals surface area contributed by atoms with Gasteiger partial charge in [0.05, 0.1) is 7.11 Å². The Hall–Kier alpha value is -1.86. The van der Waals surface area contributed by atoms with Crippen molar-refractivity contribution < 1.29 is 17.9 Å². The Labute approximate surface area is 127 Å². The number of methoxy groups -OCH3 is 1. The van der Waals surface area contributed by atoms with E-state index in [1.165, 1.54) is 6.07 Å². The molecule has 0 aliphatic heterocycles. The van der Waals surface area contributed by atoms with Crippen LogP contribution < -0.4 is 10.1 Å². The fraction of sp³-hybridized carbons (Fsp3) is 0.214. The van der Waals surface area contributed by atoms with E-state index in [4.69, 9.17) is 4.74 Å². The van der Waals surface area contributed by atoms with Crippen LogP contribution in [0, 0.1) is 0 Å². The smallest absolute Gasteiger partial charge is 0.235 e. The molecule has 0 unspecified atom stereocenters. The number of amides is 1. The second kappa shape index (κ2) is 6.73. The van der Waals surface area contributed by atoms with Crippen LogP contribution in [0.5, 0.6) is 5.75 Å². The van der Waals surface area contributed by atoms with E-state index in [-0.39, 0.29) is 10.8 Å². The average molecular weight is 325 g/mol. The number of carbonyl (C=O) groups is 1. The monoisotopic (exact) mass is 325 g/mol. The van der Waals surface area contributed by atoms with Crippen molar-refractivity contribution in [1.29, 1.82) is 0 Å². The van der Waals surface area contributed by atoms with Gasteiger partial charge in [-0.05, 0) is 29.1 Å². The van der Waals surface area contributed by atoms with E-state index in [9.17, 15) is 13.2 Å². The van der Waals surface area contributed by atoms with Crippen LogP contribution in [0.1, 0.15) is 5.56 Å². The van der Waals surface area contributed by atoms with E-state index in [1.807, 2.05) is 12.1 Å². The highest BCUT2D eigenvalue weighted by Gasteiger charge is 2.19. The molecule has 0 aliphatic rings. The molecule has 7 heteroatoms. The van der Waals surface area contributed by atoms with Gasteiger partial charge in [0, 0.05) is 6.54 Å². The molecule has 0 saturated carbocycles. The van der Waals surface area contributed by atoms with Gasteiger partial charge in [-0.15, -0.1) is 11.3 Å². The van der Waals surface area contributed by atoms with Gasteiger partial charge >= 0.3 is 0 Å². The Morgan fingerprint density at radius 2 is 1.95 bits per heavy atom. The van der Waals surface area contributed by atoms with Crippen molar-refractivity contribution in [3.63, 3.8) is 0 Å². The number of sulfone groups is 1. The highest BCUT2D eigenvalue weighted by molar-refractivity contribution is 7.94. The van der Waals surface area contributed by atoms with E-state index in [0.29, 0.717) is 0 Å². The number of hydrogen-bond acceptors (Lipinski definition) is 5. The minimum atomic E-state index is -3.54. The third-order valence-electron chi connectivity index (χ3n) is 2.77. The largest absolute Gasteiger partial charge is 0.497 e. The number of thiophene rings is 1. The molecule has 1 aromatic heterocycles. The Balaban J connectivity index is 1.90. The second-order valence-electron chi connectivity index (χ2n) is 4.32. The topological polar surface area (TPSA) is 72.5 Å². The highest BCUT2D eigenvalue weighted by Crippen LogP contribution is 2.17. The van der Waals surface area contributed by atoms with Gasteiger partial charge in [0.2, 0.25) is 5.91 Å². The number of nitrogens with one attached hydrogen (secondary N) is 1. The molecule has 0 aliphatic carbocycles. The van der Waals surface area contributed by atoms with Gasteiger partial charge in [0.15, 0.2) is 9.84 Å². The number of ether oxygens (including phenoxy) is 1. The van der Waals surface area contributed by atoms with Crippen molar-refractivity contribution in [3.8, 4) is 5.75 Å². The first-order valence-corrected chi connectivity index (χ1v) is 8.70. The zero-order valence-corrected chi connectivity index (χ0v) is 13.0. The Bertz CT molecular complexity index is 691. The Kier molecular flexibility index (Phi) is 4.98. The van der Waals surface area contributed by atoms with E-state index in [2.05, 4.69) is 5.32 Å². The fourth-order valence-corrected chi connectivity index (χ4v) is 3.93. The van der Waals surface area contributed by atoms with Gasteiger partial charge in [-0.2, -0.15) is 0 Å². The summed E-state index contributed by atoms with van der Waals surface area (Å²) < 4.78 is 29.1. The lowest BCUT2D eigenvalue weighted by Crippen LogP contribution is -2.29. The predicted octanol–water partition coefficient (Wildman–Crippen LogP) is 1.85. The number of rotatable bonds is 6. The summed E-state index contributed by atoms with van der Waals surface area (Å²) >= 11 is 1.11. The van der Waals surface area contributed by atoms with Crippen LogP contribution in [0.15, 0.2) is 46.0 Å². The molecular formula is C14H15NO4S2. The third-order valence-corrected chi connectivity index (χ3v) is 5.87. The first-order chi connectivity index (χ1) is 10.0. The van der Waals surface area contributed by atoms with Gasteiger partial charge in [0.1, 0.15) is 15.7 Å². The number of hydrogen-bond donors (Lipinski definition) is 1. The minimum Gasteiger partial charge on any atom is -0.497 e. The van der Waals surface area contributed by atoms with Gasteiger partial charge < -0.3 is 10.1 Å². The van der Waals surface area contributed by atoms with Crippen LogP contribution >= 0.6 is 11.3 Å². The summed E-state index contributed by atoms with van der Waals surface area (Å²) in [7, 11) is -1.97. The lowest BCUT2D eigenvalue weighted by atomic mass is 10.2. The zero-order valence-electron chi connectivity index (χ0n) is 11.4. The molecule has 21 heavy (non-hydrogen) atoms. The van der Waals surface area contributed by atoms with Crippen molar-refractivity contribution in [2.45, 2.75) is 10.8 Å². The zero-order chi connectivity index (χ0) is 15.3. The van der Waals surface area contributed by atoms with Crippen molar-refractivity contribution >= 4 is 27.1 Å². The van der Waals surface area contributed by atoms with E-state index < -0.39 is 21.5 Å². The Morgan fingerprint density at radius 1 is 1.24 bits per heavy atom. The second-order valence-corrected chi connectivity index (χ2v) is 7.48. The predicted molar refractivity (Wildman–Crippen MR) is 81.2 cm³/mol. The maximum Gasteiger partial charge on any atom is 0.235 e. The van der Waals surface area contributed by atoms with Crippen molar-refractivity contribution in [3.05, 3.63) is 47.3 Å². The average Bonchev–Trinajstić information content (AvgIpc) is 3.00. The van der Waals surface area contributed by atoms with E-state index in [0.717, 1.165) is 22.6 Å². The van der Waals surface area contributed by atoms with Crippen LogP contribution in [-0.2, 0) is 21.2 Å². The summed E-state index contributed by atoms with van der Waals surface area (Å²) in [4.78, 5) is 11.7. The summed E-state index contributed by atoms with van der Waals surface area (Å²) in [5.41, 5.74) is 0.873. The van der Waals surface area contributed by atoms with Crippen LogP contribution in [0.3, 0.4) is 0 Å². The number of benzene rings is 1. The normalized spacial score (nSPS) is 11.1. The molecule has 0 bridgehead atoms. The summed E-state index contributed by atoms with van der Waals surface area (Å²) in [6, 6.07) is 10.3. The maximum absolute atomic E-state index is 11.9. The first-order valence-electron chi connectivity index (χ1n) is 6.17. The lowest BCUT2D eigenvalue weighted by Gasteiger charge is -2.06. The van der Waals surface area contributed by atoms with Crippen LogP contribution in [0.4, 0.5) is 0 Å². The molecule has 0 spiro atoms. The minimum absolute atomic E-state index is 0.210. The molecule has 1 heterocycles. The molecule has 0 atom stereocenters. The molecule has 112 valence electrons. The van der Waals surface area contributed by atoms with Crippen molar-refractivity contribution in [2.75, 3.05) is 12.9 Å². The van der Waals surface area contributed by atoms with Crippen molar-refractivity contribution in [1.82, 2.24) is 5.32 Å². The molecule has 1 N–H and O–H groups in total. The standard InChI is InChI=1S/C14H15NO4S2/c1-19-12-6-4-11(5-7-12)9-15-13(16)10-21(17,18)14-3-2-8-20-14/h2-8H,9-10H2,1H3,(H,15,16). The SMILES string of the molecule is COc1ccc(CNC(=O)CS(=O)(=O)c2cccs2)cc1. The molecule has 2 aromatic rings. The molecule has 0 radical (unpaired) electrons. The van der Waals surface area contributed by atoms with Crippen LogP contribution in [0.2, 0.25) is 0 Å². The van der Waals surface area contributed by atoms with Crippen molar-refractivity contribution in [2.24, 2.45) is 0 Å². The Morgan fingerprint density at radius 3 is 2.52 bits per heavy atom. The molecular weight excluding hydrogens is 310 g/mol. The maximum atomic E-state index is 11.9. The summed E-state index contributed by atoms with van der Waals surface area (Å²) in [5, 5.41) is 4.27. The summed E-state index contributed by atoms with van der Waals surface area (Å²) in [6.07, 6.45) is 0. The molecule has 0 fully saturated rings. The molecule has 1 aromatic carbocycles. The molecule has 5 nitrogen and oxygen atoms in total. The van der Waals surface area contributed by atoms with Crippen LogP contribution in [0.25, 0.3) is 0 Å². The molecule has 1 amide bonds. The molecule has 2 rings (SSSR count). The number of carbonyl (C=O) groups excluding carboxylic acids is 1. The summed E-state index contributed by atoms with van der Waals surface area (Å²) in [6.45, 7) is 0.281. The third kappa shape index (κ3) is 4.30. The quantitative estimate of drug-likeness (QED) is 0.880. The van der Waals surface area contributed by atoms with Gasteiger partial charge in [-0.1, -0.05) is 18.2 Å². The first kappa shape index (κ1) is 15.5. The van der Waals surface area contributed by atoms with Crippen LogP contribution in [-0.4, -0.2) is 27.2 Å². The molecule has 0 saturated heterocycles. The van der Waals surface area contributed by atoms with Gasteiger partial charge in [-0.3, -0.25) is 4.79 Å². The van der Waals surface area contributed by atoms with E-state index in [1.54, 1.807) is 30.7 Å². The lowest BCUT2D eigenvalue weighted by molar-refractivity contribution is -0.118. The van der Waals surface area contributed by atoms with Gasteiger partial charge in [0.25, 0.3) is 0 Å². The van der Waals surface area contributed by atoms with E-state index >= 15 is 0 Å². The highest BCUT2D eigenvalue weighted by atomic mass is 32.2.